The Morgan fingerprint density at radius 3 is 2.38 bits per heavy atom. The van der Waals surface area contributed by atoms with Crippen molar-refractivity contribution in [2.75, 3.05) is 23.6 Å². The van der Waals surface area contributed by atoms with Crippen LogP contribution in [0.4, 0.5) is 11.4 Å². The first-order valence-electron chi connectivity index (χ1n) is 9.63. The molecule has 2 atom stereocenters. The molecule has 0 N–H and O–H groups in total. The van der Waals surface area contributed by atoms with E-state index < -0.39 is 0 Å². The van der Waals surface area contributed by atoms with Gasteiger partial charge in [0, 0.05) is 12.7 Å². The number of benzene rings is 3. The van der Waals surface area contributed by atoms with E-state index in [0.717, 1.165) is 34.5 Å². The minimum atomic E-state index is 0.0574. The molecule has 0 bridgehead atoms. The predicted molar refractivity (Wildman–Crippen MR) is 116 cm³/mol. The van der Waals surface area contributed by atoms with Crippen molar-refractivity contribution in [1.82, 2.24) is 0 Å². The summed E-state index contributed by atoms with van der Waals surface area (Å²) in [6, 6.07) is 26.4. The number of methoxy groups -OCH3 is 1. The van der Waals surface area contributed by atoms with Gasteiger partial charge in [-0.2, -0.15) is 0 Å². The van der Waals surface area contributed by atoms with Crippen LogP contribution < -0.4 is 14.7 Å². The highest BCUT2D eigenvalue weighted by molar-refractivity contribution is 6.33. The fourth-order valence-corrected chi connectivity index (χ4v) is 4.34. The van der Waals surface area contributed by atoms with Crippen molar-refractivity contribution in [1.29, 1.82) is 0 Å². The van der Waals surface area contributed by atoms with E-state index in [-0.39, 0.29) is 12.0 Å². The van der Waals surface area contributed by atoms with Crippen molar-refractivity contribution < 1.29 is 9.57 Å². The third-order valence-corrected chi connectivity index (χ3v) is 5.83. The Labute approximate surface area is 175 Å². The molecule has 2 unspecified atom stereocenters. The first-order valence-corrected chi connectivity index (χ1v) is 10.0. The van der Waals surface area contributed by atoms with Gasteiger partial charge < -0.3 is 14.5 Å². The van der Waals surface area contributed by atoms with E-state index >= 15 is 0 Å². The van der Waals surface area contributed by atoms with Gasteiger partial charge in [0.05, 0.1) is 29.4 Å². The first kappa shape index (κ1) is 18.0. The maximum Gasteiger partial charge on any atom is 0.155 e. The third-order valence-electron chi connectivity index (χ3n) is 5.51. The lowest BCUT2D eigenvalue weighted by Crippen LogP contribution is -2.29. The largest absolute Gasteiger partial charge is 0.497 e. The molecule has 146 valence electrons. The summed E-state index contributed by atoms with van der Waals surface area (Å²) < 4.78 is 5.34. The van der Waals surface area contributed by atoms with Crippen LogP contribution in [0.5, 0.6) is 5.75 Å². The van der Waals surface area contributed by atoms with E-state index in [1.807, 2.05) is 59.7 Å². The Morgan fingerprint density at radius 1 is 0.931 bits per heavy atom. The van der Waals surface area contributed by atoms with Crippen LogP contribution in [-0.2, 0) is 4.84 Å². The number of anilines is 2. The number of para-hydroxylation sites is 2. The standard InChI is InChI=1S/C24H21ClN2O2/c1-28-19-13-11-17(12-14-19)24-20-15-26(22-10-6-5-9-21(22)25)16-23(20)29-27(24)18-7-3-2-4-8-18/h2-14,16,20,24H,15H2,1H3. The number of fused-ring (bicyclic) bond motifs is 1. The summed E-state index contributed by atoms with van der Waals surface area (Å²) in [6.45, 7) is 0.805. The number of hydrogen-bond acceptors (Lipinski definition) is 4. The summed E-state index contributed by atoms with van der Waals surface area (Å²) >= 11 is 6.44. The summed E-state index contributed by atoms with van der Waals surface area (Å²) in [7, 11) is 1.68. The first-order chi connectivity index (χ1) is 14.2. The second-order valence-corrected chi connectivity index (χ2v) is 7.62. The van der Waals surface area contributed by atoms with Crippen LogP contribution in [0.15, 0.2) is 90.8 Å². The number of nitrogens with zero attached hydrogens (tertiary/aromatic N) is 2. The molecule has 29 heavy (non-hydrogen) atoms. The van der Waals surface area contributed by atoms with E-state index in [0.29, 0.717) is 0 Å². The molecule has 5 heteroatoms. The maximum absolute atomic E-state index is 6.44. The summed E-state index contributed by atoms with van der Waals surface area (Å²) in [4.78, 5) is 8.55. The van der Waals surface area contributed by atoms with E-state index in [1.165, 1.54) is 5.56 Å². The molecule has 2 aliphatic rings. The van der Waals surface area contributed by atoms with Crippen LogP contribution >= 0.6 is 11.6 Å². The van der Waals surface area contributed by atoms with Gasteiger partial charge in [-0.1, -0.05) is 54.1 Å². The zero-order valence-electron chi connectivity index (χ0n) is 16.0. The topological polar surface area (TPSA) is 24.9 Å². The lowest BCUT2D eigenvalue weighted by Gasteiger charge is -2.29. The molecule has 0 spiro atoms. The highest BCUT2D eigenvalue weighted by atomic mass is 35.5. The van der Waals surface area contributed by atoms with E-state index in [4.69, 9.17) is 21.2 Å². The summed E-state index contributed by atoms with van der Waals surface area (Å²) in [5, 5.41) is 2.76. The van der Waals surface area contributed by atoms with Gasteiger partial charge in [-0.25, -0.2) is 5.06 Å². The molecule has 0 amide bonds. The fourth-order valence-electron chi connectivity index (χ4n) is 4.09. The molecular formula is C24H21ClN2O2. The maximum atomic E-state index is 6.44. The highest BCUT2D eigenvalue weighted by Gasteiger charge is 2.46. The van der Waals surface area contributed by atoms with Crippen LogP contribution in [0.25, 0.3) is 0 Å². The molecule has 5 rings (SSSR count). The summed E-state index contributed by atoms with van der Waals surface area (Å²) in [5.41, 5.74) is 3.22. The van der Waals surface area contributed by atoms with Crippen LogP contribution in [0, 0.1) is 5.92 Å². The number of hydroxylamine groups is 1. The number of halogens is 1. The van der Waals surface area contributed by atoms with Crippen molar-refractivity contribution in [2.24, 2.45) is 5.92 Å². The van der Waals surface area contributed by atoms with Gasteiger partial charge in [0.15, 0.2) is 5.76 Å². The Kier molecular flexibility index (Phi) is 4.57. The second kappa shape index (κ2) is 7.37. The summed E-state index contributed by atoms with van der Waals surface area (Å²) in [5.74, 6) is 1.99. The van der Waals surface area contributed by atoms with Gasteiger partial charge >= 0.3 is 0 Å². The van der Waals surface area contributed by atoms with Crippen molar-refractivity contribution >= 4 is 23.0 Å². The van der Waals surface area contributed by atoms with E-state index in [9.17, 15) is 0 Å². The van der Waals surface area contributed by atoms with Crippen LogP contribution in [0.1, 0.15) is 11.6 Å². The molecule has 0 saturated carbocycles. The normalized spacial score (nSPS) is 20.3. The molecule has 2 aliphatic heterocycles. The average molecular weight is 405 g/mol. The molecule has 4 nitrogen and oxygen atoms in total. The molecule has 3 aromatic carbocycles. The zero-order chi connectivity index (χ0) is 19.8. The highest BCUT2D eigenvalue weighted by Crippen LogP contribution is 2.48. The van der Waals surface area contributed by atoms with Gasteiger partial charge in [0.1, 0.15) is 11.8 Å². The molecule has 1 fully saturated rings. The molecule has 3 aromatic rings. The van der Waals surface area contributed by atoms with Crippen molar-refractivity contribution in [3.8, 4) is 5.75 Å². The van der Waals surface area contributed by atoms with Crippen molar-refractivity contribution in [3.63, 3.8) is 0 Å². The van der Waals surface area contributed by atoms with E-state index in [1.54, 1.807) is 7.11 Å². The SMILES string of the molecule is COc1ccc(C2C3CN(c4ccccc4Cl)C=C3ON2c2ccccc2)cc1. The number of ether oxygens (including phenoxy) is 1. The second-order valence-electron chi connectivity index (χ2n) is 7.21. The molecule has 0 aromatic heterocycles. The molecule has 0 radical (unpaired) electrons. The Balaban J connectivity index is 1.53. The molecule has 2 heterocycles. The molecule has 1 saturated heterocycles. The number of hydrogen-bond donors (Lipinski definition) is 0. The van der Waals surface area contributed by atoms with E-state index in [2.05, 4.69) is 35.4 Å². The lowest BCUT2D eigenvalue weighted by molar-refractivity contribution is 0.213. The number of rotatable bonds is 4. The smallest absolute Gasteiger partial charge is 0.155 e. The third kappa shape index (κ3) is 3.19. The minimum Gasteiger partial charge on any atom is -0.497 e. The van der Waals surface area contributed by atoms with Gasteiger partial charge in [-0.3, -0.25) is 0 Å². The van der Waals surface area contributed by atoms with Crippen LogP contribution in [0.2, 0.25) is 5.02 Å². The predicted octanol–water partition coefficient (Wildman–Crippen LogP) is 5.82. The quantitative estimate of drug-likeness (QED) is 0.547. The van der Waals surface area contributed by atoms with Gasteiger partial charge in [-0.15, -0.1) is 0 Å². The van der Waals surface area contributed by atoms with Gasteiger partial charge in [0.25, 0.3) is 0 Å². The molecular weight excluding hydrogens is 384 g/mol. The average Bonchev–Trinajstić information content (AvgIpc) is 3.33. The fraction of sp³-hybridized carbons (Fsp3) is 0.167. The van der Waals surface area contributed by atoms with Gasteiger partial charge in [-0.05, 0) is 42.0 Å². The monoisotopic (exact) mass is 404 g/mol. The zero-order valence-corrected chi connectivity index (χ0v) is 16.8. The van der Waals surface area contributed by atoms with Crippen molar-refractivity contribution in [3.05, 3.63) is 101 Å². The summed E-state index contributed by atoms with van der Waals surface area (Å²) in [6.07, 6.45) is 2.07. The Bertz CT molecular complexity index is 1040. The van der Waals surface area contributed by atoms with Crippen LogP contribution in [-0.4, -0.2) is 13.7 Å². The Hall–Kier alpha value is -3.11. The van der Waals surface area contributed by atoms with Crippen LogP contribution in [0.3, 0.4) is 0 Å². The Morgan fingerprint density at radius 2 is 1.66 bits per heavy atom. The van der Waals surface area contributed by atoms with Gasteiger partial charge in [0.2, 0.25) is 0 Å². The minimum absolute atomic E-state index is 0.0574. The molecule has 0 aliphatic carbocycles. The lowest BCUT2D eigenvalue weighted by atomic mass is 9.93. The van der Waals surface area contributed by atoms with Crippen molar-refractivity contribution in [2.45, 2.75) is 6.04 Å².